The van der Waals surface area contributed by atoms with Crippen molar-refractivity contribution in [3.8, 4) is 0 Å². The Morgan fingerprint density at radius 3 is 1.43 bits per heavy atom. The van der Waals surface area contributed by atoms with Crippen LogP contribution in [0.1, 0.15) is 20.8 Å². The van der Waals surface area contributed by atoms with E-state index < -0.39 is 37.8 Å². The van der Waals surface area contributed by atoms with Gasteiger partial charge in [0.25, 0.3) is 0 Å². The van der Waals surface area contributed by atoms with Gasteiger partial charge in [-0.3, -0.25) is 0 Å². The SMILES string of the molecule is CC(C)=C(C)C(F)(F)C(F)(F)C(F)(F)CF.O=P(O)(O)O. The zero-order chi connectivity index (χ0) is 17.9. The Kier molecular flexibility index (Phi) is 7.63. The summed E-state index contributed by atoms with van der Waals surface area (Å²) in [5.41, 5.74) is -1.41. The standard InChI is InChI=1S/C9H11F7.H3O4P/c1-5(2)6(3)8(13,14)9(15,16)7(11,12)4-10;1-5(2,3)4/h4H2,1-3H3;(H3,1,2,3,4). The molecule has 0 radical (unpaired) electrons. The first-order valence-corrected chi connectivity index (χ1v) is 6.60. The van der Waals surface area contributed by atoms with Gasteiger partial charge in [-0.25, -0.2) is 8.96 Å². The Morgan fingerprint density at radius 1 is 0.952 bits per heavy atom. The smallest absolute Gasteiger partial charge is 0.303 e. The summed E-state index contributed by atoms with van der Waals surface area (Å²) in [6.45, 7) is -0.0803. The van der Waals surface area contributed by atoms with Crippen LogP contribution in [-0.2, 0) is 4.57 Å². The molecule has 21 heavy (non-hydrogen) atoms. The van der Waals surface area contributed by atoms with Gasteiger partial charge in [-0.1, -0.05) is 5.57 Å². The highest BCUT2D eigenvalue weighted by molar-refractivity contribution is 7.45. The highest BCUT2D eigenvalue weighted by atomic mass is 31.2. The number of rotatable bonds is 4. The molecule has 0 unspecified atom stereocenters. The van der Waals surface area contributed by atoms with Crippen molar-refractivity contribution in [1.29, 1.82) is 0 Å². The molecule has 128 valence electrons. The van der Waals surface area contributed by atoms with Gasteiger partial charge in [0, 0.05) is 5.57 Å². The first kappa shape index (κ1) is 22.6. The van der Waals surface area contributed by atoms with E-state index in [2.05, 4.69) is 0 Å². The van der Waals surface area contributed by atoms with E-state index >= 15 is 0 Å². The summed E-state index contributed by atoms with van der Waals surface area (Å²) < 4.78 is 97.2. The highest BCUT2D eigenvalue weighted by Gasteiger charge is 2.72. The Labute approximate surface area is 115 Å². The molecule has 0 aliphatic rings. The Bertz CT molecular complexity index is 418. The third-order valence-electron chi connectivity index (χ3n) is 2.24. The fourth-order valence-electron chi connectivity index (χ4n) is 0.863. The monoisotopic (exact) mass is 350 g/mol. The van der Waals surface area contributed by atoms with Crippen LogP contribution in [0.2, 0.25) is 0 Å². The van der Waals surface area contributed by atoms with Gasteiger partial charge >= 0.3 is 25.6 Å². The summed E-state index contributed by atoms with van der Waals surface area (Å²) in [5.74, 6) is -16.2. The van der Waals surface area contributed by atoms with E-state index in [-0.39, 0.29) is 5.57 Å². The first-order valence-electron chi connectivity index (χ1n) is 5.04. The quantitative estimate of drug-likeness (QED) is 0.413. The predicted molar refractivity (Wildman–Crippen MR) is 59.1 cm³/mol. The molecule has 0 saturated heterocycles. The maximum atomic E-state index is 13.1. The van der Waals surface area contributed by atoms with Gasteiger partial charge < -0.3 is 14.7 Å². The molecule has 3 N–H and O–H groups in total. The fourth-order valence-corrected chi connectivity index (χ4v) is 0.863. The third kappa shape index (κ3) is 6.33. The average Bonchev–Trinajstić information content (AvgIpc) is 2.24. The van der Waals surface area contributed by atoms with Crippen molar-refractivity contribution in [2.24, 2.45) is 0 Å². The van der Waals surface area contributed by atoms with Crippen molar-refractivity contribution >= 4 is 7.82 Å². The fraction of sp³-hybridized carbons (Fsp3) is 0.778. The molecule has 12 heteroatoms. The summed E-state index contributed by atoms with van der Waals surface area (Å²) in [6, 6.07) is 0. The molecule has 0 bridgehead atoms. The van der Waals surface area contributed by atoms with Crippen molar-refractivity contribution in [3.05, 3.63) is 11.1 Å². The Balaban J connectivity index is 0. The van der Waals surface area contributed by atoms with Gasteiger partial charge in [0.2, 0.25) is 0 Å². The molecule has 0 amide bonds. The molecule has 0 aromatic heterocycles. The number of allylic oxidation sites excluding steroid dienone is 2. The van der Waals surface area contributed by atoms with Crippen LogP contribution in [0.25, 0.3) is 0 Å². The van der Waals surface area contributed by atoms with Crippen LogP contribution >= 0.6 is 7.82 Å². The molecule has 0 spiro atoms. The molecule has 0 atom stereocenters. The maximum Gasteiger partial charge on any atom is 0.466 e. The third-order valence-corrected chi connectivity index (χ3v) is 2.24. The second kappa shape index (κ2) is 7.08. The lowest BCUT2D eigenvalue weighted by molar-refractivity contribution is -0.299. The van der Waals surface area contributed by atoms with E-state index in [0.29, 0.717) is 6.92 Å². The van der Waals surface area contributed by atoms with Crippen LogP contribution in [-0.4, -0.2) is 39.1 Å². The van der Waals surface area contributed by atoms with Crippen LogP contribution in [0, 0.1) is 0 Å². The van der Waals surface area contributed by atoms with Gasteiger partial charge in [-0.05, 0) is 20.8 Å². The van der Waals surface area contributed by atoms with E-state index in [4.69, 9.17) is 19.2 Å². The normalized spacial score (nSPS) is 13.4. The van der Waals surface area contributed by atoms with Crippen molar-refractivity contribution in [1.82, 2.24) is 0 Å². The van der Waals surface area contributed by atoms with Gasteiger partial charge in [-0.15, -0.1) is 0 Å². The molecule has 0 aliphatic heterocycles. The molecular weight excluding hydrogens is 336 g/mol. The summed E-state index contributed by atoms with van der Waals surface area (Å²) in [4.78, 5) is 21.6. The largest absolute Gasteiger partial charge is 0.466 e. The van der Waals surface area contributed by atoms with Crippen molar-refractivity contribution < 1.29 is 50.0 Å². The summed E-state index contributed by atoms with van der Waals surface area (Å²) in [7, 11) is -4.64. The maximum absolute atomic E-state index is 13.1. The second-order valence-corrected chi connectivity index (χ2v) is 5.15. The Hall–Kier alpha value is -0.640. The van der Waals surface area contributed by atoms with Gasteiger partial charge in [0.1, 0.15) is 0 Å². The van der Waals surface area contributed by atoms with Crippen LogP contribution < -0.4 is 0 Å². The van der Waals surface area contributed by atoms with E-state index in [9.17, 15) is 30.7 Å². The summed E-state index contributed by atoms with van der Waals surface area (Å²) in [6.07, 6.45) is 0. The second-order valence-electron chi connectivity index (χ2n) is 4.13. The van der Waals surface area contributed by atoms with Crippen LogP contribution in [0.4, 0.5) is 30.7 Å². The number of halogens is 7. The molecular formula is C9H14F7O4P. The molecule has 0 aromatic rings. The van der Waals surface area contributed by atoms with E-state index in [1.54, 1.807) is 0 Å². The minimum Gasteiger partial charge on any atom is -0.303 e. The highest BCUT2D eigenvalue weighted by Crippen LogP contribution is 2.49. The summed E-state index contributed by atoms with van der Waals surface area (Å²) in [5, 5.41) is 0. The average molecular weight is 350 g/mol. The van der Waals surface area contributed by atoms with Crippen LogP contribution in [0.15, 0.2) is 11.1 Å². The minimum absolute atomic E-state index is 0.223. The van der Waals surface area contributed by atoms with Crippen molar-refractivity contribution in [3.63, 3.8) is 0 Å². The van der Waals surface area contributed by atoms with E-state index in [0.717, 1.165) is 13.8 Å². The van der Waals surface area contributed by atoms with Crippen molar-refractivity contribution in [2.45, 2.75) is 38.5 Å². The number of phosphoric acid groups is 1. The zero-order valence-electron chi connectivity index (χ0n) is 11.0. The number of hydrogen-bond acceptors (Lipinski definition) is 1. The van der Waals surface area contributed by atoms with Crippen LogP contribution in [0.3, 0.4) is 0 Å². The lowest BCUT2D eigenvalue weighted by atomic mass is 9.96. The molecule has 0 saturated carbocycles. The van der Waals surface area contributed by atoms with Crippen LogP contribution in [0.5, 0.6) is 0 Å². The molecule has 0 fully saturated rings. The molecule has 0 heterocycles. The van der Waals surface area contributed by atoms with E-state index in [1.165, 1.54) is 0 Å². The van der Waals surface area contributed by atoms with Gasteiger partial charge in [0.05, 0.1) is 0 Å². The Morgan fingerprint density at radius 2 is 1.24 bits per heavy atom. The lowest BCUT2D eigenvalue weighted by Gasteiger charge is -2.32. The van der Waals surface area contributed by atoms with Crippen molar-refractivity contribution in [2.75, 3.05) is 6.67 Å². The predicted octanol–water partition coefficient (Wildman–Crippen LogP) is 3.29. The molecule has 4 nitrogen and oxygen atoms in total. The summed E-state index contributed by atoms with van der Waals surface area (Å²) >= 11 is 0. The van der Waals surface area contributed by atoms with Gasteiger partial charge in [-0.2, -0.15) is 26.3 Å². The number of hydrogen-bond donors (Lipinski definition) is 3. The van der Waals surface area contributed by atoms with E-state index in [1.807, 2.05) is 0 Å². The molecule has 0 rings (SSSR count). The topological polar surface area (TPSA) is 77.8 Å². The first-order chi connectivity index (χ1) is 8.91. The lowest BCUT2D eigenvalue weighted by Crippen LogP contribution is -2.55. The zero-order valence-corrected chi connectivity index (χ0v) is 11.9. The molecule has 0 aromatic carbocycles. The van der Waals surface area contributed by atoms with Gasteiger partial charge in [0.15, 0.2) is 6.67 Å². The minimum atomic E-state index is -5.75. The number of alkyl halides is 7. The molecule has 0 aliphatic carbocycles.